The number of carboxylic acid groups (broad SMARTS) is 2. The predicted octanol–water partition coefficient (Wildman–Crippen LogP) is -0.101. The van der Waals surface area contributed by atoms with E-state index in [4.69, 9.17) is 35.0 Å². The number of likely N-dealkylation sites (tertiary alicyclic amines) is 1. The summed E-state index contributed by atoms with van der Waals surface area (Å²) >= 11 is 0. The Balaban J connectivity index is 0.000000754. The zero-order valence-electron chi connectivity index (χ0n) is 14.1. The van der Waals surface area contributed by atoms with Crippen LogP contribution < -0.4 is 5.73 Å². The van der Waals surface area contributed by atoms with E-state index in [-0.39, 0.29) is 12.5 Å². The lowest BCUT2D eigenvalue weighted by molar-refractivity contribution is -0.159. The summed E-state index contributed by atoms with van der Waals surface area (Å²) in [6, 6.07) is -0.392. The molecule has 10 nitrogen and oxygen atoms in total. The molecule has 138 valence electrons. The minimum Gasteiger partial charge on any atom is -0.473 e. The summed E-state index contributed by atoms with van der Waals surface area (Å²) in [6.45, 7) is 8.02. The van der Waals surface area contributed by atoms with Crippen molar-refractivity contribution >= 4 is 24.0 Å². The number of ether oxygens (including phenoxy) is 2. The Morgan fingerprint density at radius 1 is 1.12 bits per heavy atom. The first kappa shape index (κ1) is 21.6. The van der Waals surface area contributed by atoms with Crippen LogP contribution in [-0.2, 0) is 23.9 Å². The number of carboxylic acids is 2. The van der Waals surface area contributed by atoms with Gasteiger partial charge in [-0.2, -0.15) is 0 Å². The Bertz CT molecular complexity index is 474. The molecule has 1 aliphatic heterocycles. The van der Waals surface area contributed by atoms with Gasteiger partial charge in [-0.25, -0.2) is 14.4 Å². The fraction of sp³-hybridized carbons (Fsp3) is 0.714. The smallest absolute Gasteiger partial charge is 0.414 e. The van der Waals surface area contributed by atoms with Gasteiger partial charge in [-0.15, -0.1) is 0 Å². The minimum absolute atomic E-state index is 0.259. The van der Waals surface area contributed by atoms with Gasteiger partial charge in [0.05, 0.1) is 12.5 Å². The first-order valence-electron chi connectivity index (χ1n) is 7.25. The van der Waals surface area contributed by atoms with E-state index in [1.54, 1.807) is 27.7 Å². The molecule has 0 bridgehead atoms. The fourth-order valence-electron chi connectivity index (χ4n) is 1.80. The molecule has 4 N–H and O–H groups in total. The Morgan fingerprint density at radius 2 is 1.62 bits per heavy atom. The van der Waals surface area contributed by atoms with Gasteiger partial charge in [-0.3, -0.25) is 4.79 Å². The Kier molecular flexibility index (Phi) is 8.17. The molecule has 0 radical (unpaired) electrons. The van der Waals surface area contributed by atoms with E-state index in [0.717, 1.165) is 0 Å². The number of nitrogens with zero attached hydrogens (tertiary/aromatic N) is 1. The van der Waals surface area contributed by atoms with E-state index in [2.05, 4.69) is 0 Å². The van der Waals surface area contributed by atoms with Crippen LogP contribution in [-0.4, -0.2) is 70.5 Å². The summed E-state index contributed by atoms with van der Waals surface area (Å²) in [5, 5.41) is 14.8. The highest BCUT2D eigenvalue weighted by molar-refractivity contribution is 6.27. The molecule has 1 heterocycles. The highest BCUT2D eigenvalue weighted by Gasteiger charge is 2.39. The summed E-state index contributed by atoms with van der Waals surface area (Å²) in [7, 11) is 0. The van der Waals surface area contributed by atoms with Crippen molar-refractivity contribution < 1.29 is 38.9 Å². The summed E-state index contributed by atoms with van der Waals surface area (Å²) in [6.07, 6.45) is -0.440. The van der Waals surface area contributed by atoms with Gasteiger partial charge in [-0.1, -0.05) is 0 Å². The first-order chi connectivity index (χ1) is 10.9. The number of hydrogen-bond acceptors (Lipinski definition) is 7. The molecule has 0 aliphatic carbocycles. The second-order valence-electron chi connectivity index (χ2n) is 6.02. The largest absolute Gasteiger partial charge is 0.473 e. The second-order valence-corrected chi connectivity index (χ2v) is 6.02. The topological polar surface area (TPSA) is 156 Å². The molecular weight excluding hydrogens is 324 g/mol. The maximum Gasteiger partial charge on any atom is 0.414 e. The van der Waals surface area contributed by atoms with E-state index in [1.165, 1.54) is 4.90 Å². The molecule has 0 aromatic carbocycles. The number of amides is 1. The van der Waals surface area contributed by atoms with Crippen LogP contribution in [0, 0.1) is 5.92 Å². The van der Waals surface area contributed by atoms with E-state index in [1.807, 2.05) is 0 Å². The lowest BCUT2D eigenvalue weighted by Crippen LogP contribution is -2.36. The Hall–Kier alpha value is -2.36. The van der Waals surface area contributed by atoms with Crippen LogP contribution in [0.15, 0.2) is 0 Å². The lowest BCUT2D eigenvalue weighted by Gasteiger charge is -2.24. The van der Waals surface area contributed by atoms with Crippen molar-refractivity contribution in [1.82, 2.24) is 4.90 Å². The molecule has 0 aromatic heterocycles. The molecule has 24 heavy (non-hydrogen) atoms. The summed E-state index contributed by atoms with van der Waals surface area (Å²) < 4.78 is 10.2. The minimum atomic E-state index is -1.82. The van der Waals surface area contributed by atoms with Gasteiger partial charge in [0.1, 0.15) is 5.60 Å². The van der Waals surface area contributed by atoms with Crippen LogP contribution in [0.1, 0.15) is 27.7 Å². The van der Waals surface area contributed by atoms with Crippen molar-refractivity contribution in [2.75, 3.05) is 19.7 Å². The normalized spacial score (nSPS) is 19.8. The average molecular weight is 348 g/mol. The molecule has 1 saturated heterocycles. The van der Waals surface area contributed by atoms with Crippen molar-refractivity contribution in [1.29, 1.82) is 0 Å². The summed E-state index contributed by atoms with van der Waals surface area (Å²) in [4.78, 5) is 43.1. The maximum absolute atomic E-state index is 11.8. The van der Waals surface area contributed by atoms with Crippen LogP contribution in [0.25, 0.3) is 0 Å². The molecule has 0 spiro atoms. The molecule has 2 atom stereocenters. The molecule has 1 amide bonds. The average Bonchev–Trinajstić information content (AvgIpc) is 2.80. The third-order valence-electron chi connectivity index (χ3n) is 2.79. The zero-order chi connectivity index (χ0) is 19.1. The van der Waals surface area contributed by atoms with Crippen LogP contribution in [0.4, 0.5) is 4.79 Å². The monoisotopic (exact) mass is 348 g/mol. The summed E-state index contributed by atoms with van der Waals surface area (Å²) in [5.74, 6) is -4.46. The van der Waals surface area contributed by atoms with Crippen LogP contribution in [0.5, 0.6) is 0 Å². The van der Waals surface area contributed by atoms with Crippen LogP contribution in [0.3, 0.4) is 0 Å². The molecule has 0 saturated carbocycles. The van der Waals surface area contributed by atoms with Gasteiger partial charge >= 0.3 is 24.0 Å². The highest BCUT2D eigenvalue weighted by atomic mass is 16.6. The van der Waals surface area contributed by atoms with Gasteiger partial charge in [0.25, 0.3) is 0 Å². The van der Waals surface area contributed by atoms with Gasteiger partial charge in [0.2, 0.25) is 0 Å². The summed E-state index contributed by atoms with van der Waals surface area (Å²) in [5.41, 5.74) is 5.30. The van der Waals surface area contributed by atoms with E-state index in [9.17, 15) is 9.59 Å². The third kappa shape index (κ3) is 7.77. The molecule has 0 aromatic rings. The molecule has 1 fully saturated rings. The Morgan fingerprint density at radius 3 is 2.00 bits per heavy atom. The van der Waals surface area contributed by atoms with Gasteiger partial charge in [0, 0.05) is 19.1 Å². The van der Waals surface area contributed by atoms with Crippen molar-refractivity contribution in [3.63, 3.8) is 0 Å². The quantitative estimate of drug-likeness (QED) is 0.458. The molecule has 1 aliphatic rings. The molecule has 1 rings (SSSR count). The standard InChI is InChI=1S/C12H22N2O4.C2H2O4/c1-5-17-10(15)8-6-14(7-9(8)13)11(16)18-12(2,3)4;3-1(4)2(5)6/h8-9H,5-7,13H2,1-4H3;(H,3,4)(H,5,6)/t8-,9+;/m1./s1. The predicted molar refractivity (Wildman–Crippen MR) is 81.2 cm³/mol. The maximum atomic E-state index is 11.8. The number of carbonyl (C=O) groups is 4. The van der Waals surface area contributed by atoms with Crippen molar-refractivity contribution in [3.8, 4) is 0 Å². The van der Waals surface area contributed by atoms with E-state index in [0.29, 0.717) is 13.2 Å². The highest BCUT2D eigenvalue weighted by Crippen LogP contribution is 2.20. The van der Waals surface area contributed by atoms with Gasteiger partial charge in [0.15, 0.2) is 0 Å². The van der Waals surface area contributed by atoms with Gasteiger partial charge in [-0.05, 0) is 27.7 Å². The number of nitrogens with two attached hydrogens (primary N) is 1. The number of carbonyl (C=O) groups excluding carboxylic acids is 2. The number of esters is 1. The lowest BCUT2D eigenvalue weighted by atomic mass is 10.1. The van der Waals surface area contributed by atoms with Gasteiger partial charge < -0.3 is 30.3 Å². The van der Waals surface area contributed by atoms with E-state index < -0.39 is 35.6 Å². The van der Waals surface area contributed by atoms with Crippen LogP contribution in [0.2, 0.25) is 0 Å². The van der Waals surface area contributed by atoms with Crippen LogP contribution >= 0.6 is 0 Å². The first-order valence-corrected chi connectivity index (χ1v) is 7.25. The second kappa shape index (κ2) is 9.06. The Labute approximate surface area is 139 Å². The molecular formula is C14H24N2O8. The molecule has 10 heteroatoms. The van der Waals surface area contributed by atoms with Crippen molar-refractivity contribution in [3.05, 3.63) is 0 Å². The molecule has 0 unspecified atom stereocenters. The van der Waals surface area contributed by atoms with Crippen molar-refractivity contribution in [2.24, 2.45) is 11.7 Å². The van der Waals surface area contributed by atoms with E-state index >= 15 is 0 Å². The zero-order valence-corrected chi connectivity index (χ0v) is 14.1. The number of rotatable bonds is 2. The van der Waals surface area contributed by atoms with Crippen molar-refractivity contribution in [2.45, 2.75) is 39.3 Å². The fourth-order valence-corrected chi connectivity index (χ4v) is 1.80. The number of aliphatic carboxylic acids is 2. The number of hydrogen-bond donors (Lipinski definition) is 3. The SMILES string of the molecule is CCOC(=O)[C@@H]1CN(C(=O)OC(C)(C)C)C[C@@H]1N.O=C(O)C(=O)O. The third-order valence-corrected chi connectivity index (χ3v) is 2.79.